The molecule has 0 amide bonds. The van der Waals surface area contributed by atoms with Gasteiger partial charge in [-0.2, -0.15) is 5.10 Å². The van der Waals surface area contributed by atoms with Crippen LogP contribution in [0.25, 0.3) is 22.0 Å². The van der Waals surface area contributed by atoms with Gasteiger partial charge in [-0.05, 0) is 55.0 Å². The highest BCUT2D eigenvalue weighted by atomic mass is 19.1. The summed E-state index contributed by atoms with van der Waals surface area (Å²) in [4.78, 5) is 12.0. The Morgan fingerprint density at radius 3 is 2.69 bits per heavy atom. The van der Waals surface area contributed by atoms with Gasteiger partial charge in [0.2, 0.25) is 0 Å². The summed E-state index contributed by atoms with van der Waals surface area (Å²) in [6, 6.07) is 16.8. The number of esters is 1. The number of halogens is 1. The molecule has 36 heavy (non-hydrogen) atoms. The Kier molecular flexibility index (Phi) is 7.00. The average Bonchev–Trinajstić information content (AvgIpc) is 3.61. The number of carbonyl (C=O) groups is 1. The van der Waals surface area contributed by atoms with Crippen LogP contribution in [0.15, 0.2) is 60.8 Å². The van der Waals surface area contributed by atoms with Crippen LogP contribution >= 0.6 is 0 Å². The van der Waals surface area contributed by atoms with Crippen LogP contribution in [0.3, 0.4) is 0 Å². The van der Waals surface area contributed by atoms with Crippen LogP contribution in [0.4, 0.5) is 4.39 Å². The lowest BCUT2D eigenvalue weighted by atomic mass is 9.97. The standard InChI is InChI=1S/C29H30FN3O3/c1-2-35-28(34)14-21-6-3-4-9-27(21)36-18-20-12-24(23-8-5-7-22(15-31)29(23)30)25-16-32-33(26(25)13-20)17-19-10-11-19/h3-9,12-13,16,19H,2,10-11,14-15,17-18,31H2,1H3. The van der Waals surface area contributed by atoms with E-state index in [-0.39, 0.29) is 31.4 Å². The number of para-hydroxylation sites is 1. The van der Waals surface area contributed by atoms with Crippen molar-refractivity contribution in [1.29, 1.82) is 0 Å². The van der Waals surface area contributed by atoms with Gasteiger partial charge in [0.1, 0.15) is 18.2 Å². The first-order chi connectivity index (χ1) is 17.6. The quantitative estimate of drug-likeness (QED) is 0.303. The molecule has 1 heterocycles. The van der Waals surface area contributed by atoms with E-state index in [2.05, 4.69) is 11.2 Å². The minimum Gasteiger partial charge on any atom is -0.489 e. The molecule has 0 aliphatic heterocycles. The Morgan fingerprint density at radius 2 is 1.92 bits per heavy atom. The van der Waals surface area contributed by atoms with E-state index in [9.17, 15) is 4.79 Å². The Bertz CT molecular complexity index is 1390. The van der Waals surface area contributed by atoms with E-state index in [4.69, 9.17) is 15.2 Å². The third kappa shape index (κ3) is 5.11. The highest BCUT2D eigenvalue weighted by molar-refractivity contribution is 5.95. The van der Waals surface area contributed by atoms with Crippen LogP contribution in [-0.2, 0) is 35.6 Å². The fourth-order valence-corrected chi connectivity index (χ4v) is 4.50. The molecule has 4 aromatic rings. The molecule has 6 nitrogen and oxygen atoms in total. The fourth-order valence-electron chi connectivity index (χ4n) is 4.50. The highest BCUT2D eigenvalue weighted by Gasteiger charge is 2.24. The van der Waals surface area contributed by atoms with Gasteiger partial charge in [-0.3, -0.25) is 9.48 Å². The second kappa shape index (κ2) is 10.5. The minimum atomic E-state index is -0.311. The molecule has 1 fully saturated rings. The van der Waals surface area contributed by atoms with E-state index in [1.165, 1.54) is 12.8 Å². The zero-order chi connectivity index (χ0) is 25.1. The van der Waals surface area contributed by atoms with Crippen molar-refractivity contribution in [2.75, 3.05) is 6.61 Å². The Balaban J connectivity index is 1.51. The molecule has 3 aromatic carbocycles. The minimum absolute atomic E-state index is 0.129. The Labute approximate surface area is 209 Å². The number of aromatic nitrogens is 2. The van der Waals surface area contributed by atoms with Crippen LogP contribution in [0.5, 0.6) is 5.75 Å². The lowest BCUT2D eigenvalue weighted by molar-refractivity contribution is -0.142. The zero-order valence-electron chi connectivity index (χ0n) is 20.4. The van der Waals surface area contributed by atoms with Gasteiger partial charge in [0.05, 0.1) is 24.7 Å². The van der Waals surface area contributed by atoms with Crippen molar-refractivity contribution >= 4 is 16.9 Å². The third-order valence-corrected chi connectivity index (χ3v) is 6.55. The van der Waals surface area contributed by atoms with E-state index in [0.717, 1.165) is 34.1 Å². The van der Waals surface area contributed by atoms with E-state index in [1.807, 2.05) is 47.3 Å². The van der Waals surface area contributed by atoms with Gasteiger partial charge in [-0.15, -0.1) is 0 Å². The molecule has 1 saturated carbocycles. The van der Waals surface area contributed by atoms with E-state index < -0.39 is 0 Å². The predicted molar refractivity (Wildman–Crippen MR) is 137 cm³/mol. The van der Waals surface area contributed by atoms with Gasteiger partial charge in [-0.1, -0.05) is 36.4 Å². The molecule has 0 unspecified atom stereocenters. The molecule has 0 bridgehead atoms. The molecule has 0 spiro atoms. The molecular formula is C29H30FN3O3. The third-order valence-electron chi connectivity index (χ3n) is 6.55. The van der Waals surface area contributed by atoms with Gasteiger partial charge >= 0.3 is 5.97 Å². The number of fused-ring (bicyclic) bond motifs is 1. The first-order valence-corrected chi connectivity index (χ1v) is 12.4. The SMILES string of the molecule is CCOC(=O)Cc1ccccc1OCc1cc(-c2cccc(CN)c2F)c2cnn(CC3CC3)c2c1. The van der Waals surface area contributed by atoms with Crippen LogP contribution in [0.2, 0.25) is 0 Å². The van der Waals surface area contributed by atoms with Crippen molar-refractivity contribution < 1.29 is 18.7 Å². The van der Waals surface area contributed by atoms with E-state index in [0.29, 0.717) is 29.4 Å². The number of nitrogens with zero attached hydrogens (tertiary/aromatic N) is 2. The molecule has 1 aliphatic carbocycles. The summed E-state index contributed by atoms with van der Waals surface area (Å²) in [6.07, 6.45) is 4.38. The van der Waals surface area contributed by atoms with Crippen LogP contribution in [0.1, 0.15) is 36.5 Å². The number of rotatable bonds is 10. The van der Waals surface area contributed by atoms with Crippen molar-refractivity contribution in [2.24, 2.45) is 11.7 Å². The van der Waals surface area contributed by atoms with Gasteiger partial charge in [0.15, 0.2) is 0 Å². The fraction of sp³-hybridized carbons (Fsp3) is 0.310. The van der Waals surface area contributed by atoms with Gasteiger partial charge in [0, 0.05) is 35.2 Å². The van der Waals surface area contributed by atoms with E-state index >= 15 is 4.39 Å². The van der Waals surface area contributed by atoms with Gasteiger partial charge in [-0.25, -0.2) is 4.39 Å². The maximum absolute atomic E-state index is 15.4. The summed E-state index contributed by atoms with van der Waals surface area (Å²) in [5.74, 6) is 0.657. The predicted octanol–water partition coefficient (Wildman–Crippen LogP) is 5.40. The number of benzene rings is 3. The Morgan fingerprint density at radius 1 is 1.11 bits per heavy atom. The largest absolute Gasteiger partial charge is 0.489 e. The molecule has 5 rings (SSSR count). The number of nitrogens with two attached hydrogens (primary N) is 1. The number of hydrogen-bond acceptors (Lipinski definition) is 5. The molecule has 186 valence electrons. The molecule has 2 N–H and O–H groups in total. The molecule has 0 atom stereocenters. The zero-order valence-corrected chi connectivity index (χ0v) is 20.4. The first kappa shape index (κ1) is 24.0. The molecule has 1 aliphatic rings. The van der Waals surface area contributed by atoms with Crippen LogP contribution in [-0.4, -0.2) is 22.4 Å². The van der Waals surface area contributed by atoms with Crippen LogP contribution < -0.4 is 10.5 Å². The average molecular weight is 488 g/mol. The lowest BCUT2D eigenvalue weighted by Gasteiger charge is -2.14. The summed E-state index contributed by atoms with van der Waals surface area (Å²) < 4.78 is 28.6. The summed E-state index contributed by atoms with van der Waals surface area (Å²) in [5, 5.41) is 5.53. The molecular weight excluding hydrogens is 457 g/mol. The summed E-state index contributed by atoms with van der Waals surface area (Å²) >= 11 is 0. The lowest BCUT2D eigenvalue weighted by Crippen LogP contribution is -2.09. The molecule has 7 heteroatoms. The summed E-state index contributed by atoms with van der Waals surface area (Å²) in [6.45, 7) is 3.36. The summed E-state index contributed by atoms with van der Waals surface area (Å²) in [7, 11) is 0. The van der Waals surface area contributed by atoms with Crippen molar-refractivity contribution in [1.82, 2.24) is 9.78 Å². The molecule has 0 saturated heterocycles. The van der Waals surface area contributed by atoms with Crippen molar-refractivity contribution in [3.63, 3.8) is 0 Å². The maximum Gasteiger partial charge on any atom is 0.310 e. The van der Waals surface area contributed by atoms with Crippen LogP contribution in [0, 0.1) is 11.7 Å². The number of ether oxygens (including phenoxy) is 2. The smallest absolute Gasteiger partial charge is 0.310 e. The number of carbonyl (C=O) groups excluding carboxylic acids is 1. The van der Waals surface area contributed by atoms with Crippen molar-refractivity contribution in [2.45, 2.75) is 45.9 Å². The second-order valence-electron chi connectivity index (χ2n) is 9.21. The van der Waals surface area contributed by atoms with Crippen molar-refractivity contribution in [3.05, 3.63) is 83.3 Å². The van der Waals surface area contributed by atoms with Gasteiger partial charge < -0.3 is 15.2 Å². The molecule has 0 radical (unpaired) electrons. The number of hydrogen-bond donors (Lipinski definition) is 1. The molecule has 1 aromatic heterocycles. The first-order valence-electron chi connectivity index (χ1n) is 12.4. The Hall–Kier alpha value is -3.71. The highest BCUT2D eigenvalue weighted by Crippen LogP contribution is 2.36. The monoisotopic (exact) mass is 487 g/mol. The second-order valence-corrected chi connectivity index (χ2v) is 9.21. The topological polar surface area (TPSA) is 79.4 Å². The van der Waals surface area contributed by atoms with Gasteiger partial charge in [0.25, 0.3) is 0 Å². The summed E-state index contributed by atoms with van der Waals surface area (Å²) in [5.41, 5.74) is 10.1. The normalized spacial score (nSPS) is 13.2. The van der Waals surface area contributed by atoms with E-state index in [1.54, 1.807) is 19.1 Å². The maximum atomic E-state index is 15.4. The van der Waals surface area contributed by atoms with Crippen molar-refractivity contribution in [3.8, 4) is 16.9 Å².